The molecular formula is C17H27NO2. The Hall–Kier alpha value is -1.06. The van der Waals surface area contributed by atoms with E-state index in [0.717, 1.165) is 37.8 Å². The average Bonchev–Trinajstić information content (AvgIpc) is 3.29. The molecule has 2 rings (SSSR count). The fourth-order valence-electron chi connectivity index (χ4n) is 2.60. The standard InChI is InChI=1S/C17H27NO2/c1-19-11-5-6-14(13-18-16-9-10-16)12-15-7-3-4-8-17(15)20-2/h3-4,7-8,14,16,18H,5-6,9-13H2,1-2H3. The van der Waals surface area contributed by atoms with Gasteiger partial charge in [0.05, 0.1) is 7.11 Å². The number of rotatable bonds is 10. The van der Waals surface area contributed by atoms with Crippen molar-refractivity contribution in [2.24, 2.45) is 5.92 Å². The predicted molar refractivity (Wildman–Crippen MR) is 82.3 cm³/mol. The molecule has 1 unspecified atom stereocenters. The lowest BCUT2D eigenvalue weighted by molar-refractivity contribution is 0.186. The summed E-state index contributed by atoms with van der Waals surface area (Å²) in [5.41, 5.74) is 1.31. The zero-order valence-electron chi connectivity index (χ0n) is 12.7. The Labute approximate surface area is 122 Å². The van der Waals surface area contributed by atoms with E-state index >= 15 is 0 Å². The first kappa shape index (κ1) is 15.3. The molecule has 0 radical (unpaired) electrons. The molecule has 20 heavy (non-hydrogen) atoms. The van der Waals surface area contributed by atoms with Crippen molar-refractivity contribution in [1.29, 1.82) is 0 Å². The van der Waals surface area contributed by atoms with Gasteiger partial charge in [-0.05, 0) is 56.2 Å². The first-order valence-corrected chi connectivity index (χ1v) is 7.67. The van der Waals surface area contributed by atoms with E-state index in [4.69, 9.17) is 9.47 Å². The van der Waals surface area contributed by atoms with E-state index in [-0.39, 0.29) is 0 Å². The van der Waals surface area contributed by atoms with Crippen molar-refractivity contribution in [2.45, 2.75) is 38.1 Å². The van der Waals surface area contributed by atoms with Crippen LogP contribution < -0.4 is 10.1 Å². The fourth-order valence-corrected chi connectivity index (χ4v) is 2.60. The third-order valence-corrected chi connectivity index (χ3v) is 3.93. The molecular weight excluding hydrogens is 250 g/mol. The van der Waals surface area contributed by atoms with Crippen LogP contribution in [0.2, 0.25) is 0 Å². The molecule has 1 aromatic rings. The highest BCUT2D eigenvalue weighted by Gasteiger charge is 2.22. The summed E-state index contributed by atoms with van der Waals surface area (Å²) in [6.07, 6.45) is 6.10. The van der Waals surface area contributed by atoms with Gasteiger partial charge in [-0.1, -0.05) is 18.2 Å². The molecule has 3 nitrogen and oxygen atoms in total. The summed E-state index contributed by atoms with van der Waals surface area (Å²) in [6, 6.07) is 9.13. The Bertz CT molecular complexity index is 390. The van der Waals surface area contributed by atoms with E-state index in [0.29, 0.717) is 5.92 Å². The van der Waals surface area contributed by atoms with Crippen LogP contribution in [0.3, 0.4) is 0 Å². The van der Waals surface area contributed by atoms with Gasteiger partial charge in [0, 0.05) is 19.8 Å². The highest BCUT2D eigenvalue weighted by molar-refractivity contribution is 5.33. The molecule has 1 atom stereocenters. The Morgan fingerprint density at radius 2 is 2.05 bits per heavy atom. The predicted octanol–water partition coefficient (Wildman–Crippen LogP) is 3.03. The number of hydrogen-bond donors (Lipinski definition) is 1. The van der Waals surface area contributed by atoms with Gasteiger partial charge >= 0.3 is 0 Å². The smallest absolute Gasteiger partial charge is 0.122 e. The Morgan fingerprint density at radius 3 is 2.75 bits per heavy atom. The summed E-state index contributed by atoms with van der Waals surface area (Å²) in [4.78, 5) is 0. The van der Waals surface area contributed by atoms with Crippen LogP contribution in [0, 0.1) is 5.92 Å². The van der Waals surface area contributed by atoms with Crippen molar-refractivity contribution in [3.8, 4) is 5.75 Å². The van der Waals surface area contributed by atoms with Crippen LogP contribution in [0.15, 0.2) is 24.3 Å². The largest absolute Gasteiger partial charge is 0.496 e. The topological polar surface area (TPSA) is 30.5 Å². The molecule has 3 heteroatoms. The molecule has 1 N–H and O–H groups in total. The van der Waals surface area contributed by atoms with E-state index in [1.807, 2.05) is 6.07 Å². The second kappa shape index (κ2) is 8.28. The van der Waals surface area contributed by atoms with Gasteiger partial charge in [-0.2, -0.15) is 0 Å². The highest BCUT2D eigenvalue weighted by atomic mass is 16.5. The van der Waals surface area contributed by atoms with Crippen molar-refractivity contribution in [2.75, 3.05) is 27.4 Å². The minimum absolute atomic E-state index is 0.655. The van der Waals surface area contributed by atoms with Crippen LogP contribution in [0.4, 0.5) is 0 Å². The zero-order valence-corrected chi connectivity index (χ0v) is 12.7. The normalized spacial score (nSPS) is 16.1. The van der Waals surface area contributed by atoms with E-state index in [9.17, 15) is 0 Å². The number of nitrogens with one attached hydrogen (secondary N) is 1. The maximum absolute atomic E-state index is 5.46. The molecule has 0 amide bonds. The zero-order chi connectivity index (χ0) is 14.2. The van der Waals surface area contributed by atoms with Gasteiger partial charge in [0.2, 0.25) is 0 Å². The molecule has 0 saturated heterocycles. The van der Waals surface area contributed by atoms with E-state index in [1.54, 1.807) is 14.2 Å². The third-order valence-electron chi connectivity index (χ3n) is 3.93. The van der Waals surface area contributed by atoms with Crippen molar-refractivity contribution >= 4 is 0 Å². The van der Waals surface area contributed by atoms with E-state index < -0.39 is 0 Å². The van der Waals surface area contributed by atoms with Gasteiger partial charge in [0.15, 0.2) is 0 Å². The molecule has 1 fully saturated rings. The second-order valence-electron chi connectivity index (χ2n) is 5.70. The van der Waals surface area contributed by atoms with Crippen LogP contribution in [0.25, 0.3) is 0 Å². The van der Waals surface area contributed by atoms with Crippen molar-refractivity contribution in [3.63, 3.8) is 0 Å². The first-order chi connectivity index (χ1) is 9.83. The minimum Gasteiger partial charge on any atom is -0.496 e. The minimum atomic E-state index is 0.655. The quantitative estimate of drug-likeness (QED) is 0.667. The van der Waals surface area contributed by atoms with Gasteiger partial charge in [0.25, 0.3) is 0 Å². The van der Waals surface area contributed by atoms with Crippen LogP contribution in [0.5, 0.6) is 5.75 Å². The maximum atomic E-state index is 5.46. The first-order valence-electron chi connectivity index (χ1n) is 7.67. The van der Waals surface area contributed by atoms with Crippen LogP contribution >= 0.6 is 0 Å². The number of para-hydroxylation sites is 1. The average molecular weight is 277 g/mol. The number of hydrogen-bond acceptors (Lipinski definition) is 3. The SMILES string of the molecule is COCCCC(CNC1CC1)Cc1ccccc1OC. The van der Waals surface area contributed by atoms with Crippen molar-refractivity contribution in [3.05, 3.63) is 29.8 Å². The fraction of sp³-hybridized carbons (Fsp3) is 0.647. The lowest BCUT2D eigenvalue weighted by Gasteiger charge is -2.19. The summed E-state index contributed by atoms with van der Waals surface area (Å²) in [5.74, 6) is 1.66. The highest BCUT2D eigenvalue weighted by Crippen LogP contribution is 2.24. The van der Waals surface area contributed by atoms with E-state index in [1.165, 1.54) is 24.8 Å². The molecule has 1 aliphatic rings. The molecule has 0 bridgehead atoms. The summed E-state index contributed by atoms with van der Waals surface area (Å²) in [5, 5.41) is 3.66. The summed E-state index contributed by atoms with van der Waals surface area (Å²) >= 11 is 0. The Balaban J connectivity index is 1.89. The van der Waals surface area contributed by atoms with Gasteiger partial charge in [-0.15, -0.1) is 0 Å². The summed E-state index contributed by atoms with van der Waals surface area (Å²) < 4.78 is 10.6. The monoisotopic (exact) mass is 277 g/mol. The Kier molecular flexibility index (Phi) is 6.34. The van der Waals surface area contributed by atoms with Crippen molar-refractivity contribution in [1.82, 2.24) is 5.32 Å². The van der Waals surface area contributed by atoms with Gasteiger partial charge in [-0.3, -0.25) is 0 Å². The third kappa shape index (κ3) is 5.14. The molecule has 0 aliphatic heterocycles. The second-order valence-corrected chi connectivity index (χ2v) is 5.70. The molecule has 1 aliphatic carbocycles. The van der Waals surface area contributed by atoms with E-state index in [2.05, 4.69) is 23.5 Å². The molecule has 112 valence electrons. The Morgan fingerprint density at radius 1 is 1.25 bits per heavy atom. The molecule has 0 aromatic heterocycles. The lowest BCUT2D eigenvalue weighted by atomic mass is 9.94. The lowest BCUT2D eigenvalue weighted by Crippen LogP contribution is -2.26. The van der Waals surface area contributed by atoms with Crippen LogP contribution in [0.1, 0.15) is 31.2 Å². The number of ether oxygens (including phenoxy) is 2. The summed E-state index contributed by atoms with van der Waals surface area (Å²) in [7, 11) is 3.53. The van der Waals surface area contributed by atoms with Crippen LogP contribution in [-0.2, 0) is 11.2 Å². The maximum Gasteiger partial charge on any atom is 0.122 e. The molecule has 0 spiro atoms. The van der Waals surface area contributed by atoms with Gasteiger partial charge in [-0.25, -0.2) is 0 Å². The van der Waals surface area contributed by atoms with Crippen molar-refractivity contribution < 1.29 is 9.47 Å². The number of methoxy groups -OCH3 is 2. The van der Waals surface area contributed by atoms with Gasteiger partial charge in [0.1, 0.15) is 5.75 Å². The molecule has 1 saturated carbocycles. The van der Waals surface area contributed by atoms with Gasteiger partial charge < -0.3 is 14.8 Å². The molecule has 0 heterocycles. The molecule has 1 aromatic carbocycles. The summed E-state index contributed by atoms with van der Waals surface area (Å²) in [6.45, 7) is 1.96. The van der Waals surface area contributed by atoms with Crippen LogP contribution in [-0.4, -0.2) is 33.4 Å². The number of benzene rings is 1.